The van der Waals surface area contributed by atoms with Gasteiger partial charge in [0.15, 0.2) is 0 Å². The molecule has 17 heavy (non-hydrogen) atoms. The summed E-state index contributed by atoms with van der Waals surface area (Å²) in [4.78, 5) is 2.00. The van der Waals surface area contributed by atoms with Gasteiger partial charge < -0.3 is 10.2 Å². The number of sulfonamides is 1. The summed E-state index contributed by atoms with van der Waals surface area (Å²) in [6.45, 7) is 6.94. The van der Waals surface area contributed by atoms with Crippen molar-refractivity contribution >= 4 is 10.0 Å². The maximum Gasteiger partial charge on any atom is 0.215 e. The summed E-state index contributed by atoms with van der Waals surface area (Å²) < 4.78 is 26.9. The Hall–Kier alpha value is -0.170. The maximum atomic E-state index is 12.0. The largest absolute Gasteiger partial charge is 0.318 e. The van der Waals surface area contributed by atoms with E-state index in [9.17, 15) is 8.42 Å². The van der Waals surface area contributed by atoms with E-state index in [0.29, 0.717) is 13.1 Å². The average Bonchev–Trinajstić information content (AvgIpc) is 2.15. The van der Waals surface area contributed by atoms with Crippen molar-refractivity contribution < 1.29 is 8.42 Å². The van der Waals surface area contributed by atoms with E-state index in [-0.39, 0.29) is 12.0 Å². The zero-order chi connectivity index (χ0) is 13.6. The number of rotatable bonds is 8. The van der Waals surface area contributed by atoms with Crippen LogP contribution in [0, 0.1) is 5.92 Å². The molecular weight excluding hydrogens is 238 g/mol. The topological polar surface area (TPSA) is 61.4 Å². The fraction of sp³-hybridized carbons (Fsp3) is 1.00. The smallest absolute Gasteiger partial charge is 0.215 e. The maximum absolute atomic E-state index is 12.0. The normalized spacial score (nSPS) is 16.5. The SMILES string of the molecule is CNCC(C)S(=O)(=O)NC(CN(C)C)C(C)C. The molecule has 2 atom stereocenters. The van der Waals surface area contributed by atoms with Crippen LogP contribution < -0.4 is 10.0 Å². The van der Waals surface area contributed by atoms with Crippen molar-refractivity contribution in [2.45, 2.75) is 32.1 Å². The van der Waals surface area contributed by atoms with Crippen LogP contribution in [0.2, 0.25) is 0 Å². The molecule has 0 heterocycles. The lowest BCUT2D eigenvalue weighted by molar-refractivity contribution is 0.313. The lowest BCUT2D eigenvalue weighted by Gasteiger charge is -2.27. The van der Waals surface area contributed by atoms with Gasteiger partial charge in [-0.05, 0) is 34.0 Å². The van der Waals surface area contributed by atoms with Crippen LogP contribution in [-0.4, -0.2) is 58.8 Å². The van der Waals surface area contributed by atoms with E-state index in [1.165, 1.54) is 0 Å². The predicted octanol–water partition coefficient (Wildman–Crippen LogP) is 0.0999. The van der Waals surface area contributed by atoms with Gasteiger partial charge in [0, 0.05) is 19.1 Å². The van der Waals surface area contributed by atoms with Crippen LogP contribution in [0.1, 0.15) is 20.8 Å². The highest BCUT2D eigenvalue weighted by atomic mass is 32.2. The van der Waals surface area contributed by atoms with E-state index >= 15 is 0 Å². The summed E-state index contributed by atoms with van der Waals surface area (Å²) in [5, 5.41) is 2.47. The highest BCUT2D eigenvalue weighted by Gasteiger charge is 2.25. The third kappa shape index (κ3) is 6.35. The fourth-order valence-electron chi connectivity index (χ4n) is 1.50. The summed E-state index contributed by atoms with van der Waals surface area (Å²) in [5.41, 5.74) is 0. The molecule has 0 aromatic heterocycles. The fourth-order valence-corrected chi connectivity index (χ4v) is 2.89. The van der Waals surface area contributed by atoms with Gasteiger partial charge in [-0.1, -0.05) is 13.8 Å². The van der Waals surface area contributed by atoms with Crippen molar-refractivity contribution in [1.29, 1.82) is 0 Å². The molecule has 2 N–H and O–H groups in total. The Bertz CT molecular complexity index is 302. The van der Waals surface area contributed by atoms with Crippen LogP contribution in [0.5, 0.6) is 0 Å². The van der Waals surface area contributed by atoms with Gasteiger partial charge in [-0.3, -0.25) is 0 Å². The number of nitrogens with zero attached hydrogens (tertiary/aromatic N) is 1. The van der Waals surface area contributed by atoms with Crippen molar-refractivity contribution in [1.82, 2.24) is 14.9 Å². The van der Waals surface area contributed by atoms with E-state index in [1.54, 1.807) is 14.0 Å². The molecule has 104 valence electrons. The van der Waals surface area contributed by atoms with Gasteiger partial charge in [0.2, 0.25) is 10.0 Å². The van der Waals surface area contributed by atoms with Crippen molar-refractivity contribution in [2.75, 3.05) is 34.2 Å². The molecule has 0 aromatic carbocycles. The van der Waals surface area contributed by atoms with Gasteiger partial charge in [0.05, 0.1) is 5.25 Å². The zero-order valence-corrected chi connectivity index (χ0v) is 12.6. The van der Waals surface area contributed by atoms with E-state index in [0.717, 1.165) is 0 Å². The summed E-state index contributed by atoms with van der Waals surface area (Å²) in [7, 11) is 2.39. The molecule has 2 unspecified atom stereocenters. The molecule has 0 spiro atoms. The van der Waals surface area contributed by atoms with Gasteiger partial charge >= 0.3 is 0 Å². The Labute approximate surface area is 106 Å². The minimum absolute atomic E-state index is 0.0469. The van der Waals surface area contributed by atoms with E-state index < -0.39 is 15.3 Å². The molecule has 0 aliphatic rings. The highest BCUT2D eigenvalue weighted by Crippen LogP contribution is 2.07. The molecule has 0 saturated carbocycles. The van der Waals surface area contributed by atoms with Crippen LogP contribution in [0.25, 0.3) is 0 Å². The summed E-state index contributed by atoms with van der Waals surface area (Å²) in [6, 6.07) is -0.0469. The molecule has 0 fully saturated rings. The average molecular weight is 265 g/mol. The van der Waals surface area contributed by atoms with Crippen molar-refractivity contribution in [3.8, 4) is 0 Å². The summed E-state index contributed by atoms with van der Waals surface area (Å²) in [5.74, 6) is 0.272. The van der Waals surface area contributed by atoms with Gasteiger partial charge in [-0.15, -0.1) is 0 Å². The van der Waals surface area contributed by atoms with E-state index in [1.807, 2.05) is 32.8 Å². The Morgan fingerprint density at radius 3 is 2.06 bits per heavy atom. The lowest BCUT2D eigenvalue weighted by atomic mass is 10.1. The standard InChI is InChI=1S/C11H27N3O2S/c1-9(2)11(8-14(5)6)13-17(15,16)10(3)7-12-4/h9-13H,7-8H2,1-6H3. The predicted molar refractivity (Wildman–Crippen MR) is 72.6 cm³/mol. The first kappa shape index (κ1) is 16.8. The van der Waals surface area contributed by atoms with Crippen molar-refractivity contribution in [2.24, 2.45) is 5.92 Å². The molecule has 0 aromatic rings. The Morgan fingerprint density at radius 2 is 1.71 bits per heavy atom. The van der Waals surface area contributed by atoms with Gasteiger partial charge in [0.25, 0.3) is 0 Å². The molecule has 6 heteroatoms. The van der Waals surface area contributed by atoms with Crippen LogP contribution in [0.3, 0.4) is 0 Å². The second-order valence-electron chi connectivity index (χ2n) is 5.14. The lowest BCUT2D eigenvalue weighted by Crippen LogP contribution is -2.49. The number of nitrogens with one attached hydrogen (secondary N) is 2. The number of likely N-dealkylation sites (N-methyl/N-ethyl adjacent to an activating group) is 1. The van der Waals surface area contributed by atoms with Crippen LogP contribution >= 0.6 is 0 Å². The molecule has 0 saturated heterocycles. The third-order valence-electron chi connectivity index (χ3n) is 2.70. The minimum atomic E-state index is -3.25. The monoisotopic (exact) mass is 265 g/mol. The first-order chi connectivity index (χ1) is 7.70. The first-order valence-electron chi connectivity index (χ1n) is 6.01. The second-order valence-corrected chi connectivity index (χ2v) is 7.27. The molecule has 0 bridgehead atoms. The van der Waals surface area contributed by atoms with E-state index in [4.69, 9.17) is 0 Å². The Kier molecular flexibility index (Phi) is 7.23. The minimum Gasteiger partial charge on any atom is -0.318 e. The number of hydrogen-bond acceptors (Lipinski definition) is 4. The highest BCUT2D eigenvalue weighted by molar-refractivity contribution is 7.90. The molecular formula is C11H27N3O2S. The summed E-state index contributed by atoms with van der Waals surface area (Å²) in [6.07, 6.45) is 0. The van der Waals surface area contributed by atoms with Crippen LogP contribution in [0.4, 0.5) is 0 Å². The molecule has 5 nitrogen and oxygen atoms in total. The first-order valence-corrected chi connectivity index (χ1v) is 7.55. The molecule has 0 aliphatic carbocycles. The zero-order valence-electron chi connectivity index (χ0n) is 11.8. The Balaban J connectivity index is 4.63. The number of hydrogen-bond donors (Lipinski definition) is 2. The van der Waals surface area contributed by atoms with Gasteiger partial charge in [0.1, 0.15) is 0 Å². The quantitative estimate of drug-likeness (QED) is 0.653. The molecule has 0 rings (SSSR count). The van der Waals surface area contributed by atoms with Crippen molar-refractivity contribution in [3.05, 3.63) is 0 Å². The van der Waals surface area contributed by atoms with Crippen molar-refractivity contribution in [3.63, 3.8) is 0 Å². The molecule has 0 amide bonds. The third-order valence-corrected chi connectivity index (χ3v) is 4.56. The van der Waals surface area contributed by atoms with Gasteiger partial charge in [-0.2, -0.15) is 0 Å². The molecule has 0 aliphatic heterocycles. The van der Waals surface area contributed by atoms with Crippen LogP contribution in [-0.2, 0) is 10.0 Å². The second kappa shape index (κ2) is 7.31. The van der Waals surface area contributed by atoms with Gasteiger partial charge in [-0.25, -0.2) is 13.1 Å². The Morgan fingerprint density at radius 1 is 1.18 bits per heavy atom. The van der Waals surface area contributed by atoms with Crippen LogP contribution in [0.15, 0.2) is 0 Å². The molecule has 0 radical (unpaired) electrons. The van der Waals surface area contributed by atoms with E-state index in [2.05, 4.69) is 10.0 Å². The summed E-state index contributed by atoms with van der Waals surface area (Å²) >= 11 is 0.